The van der Waals surface area contributed by atoms with Crippen molar-refractivity contribution >= 4 is 5.91 Å². The lowest BCUT2D eigenvalue weighted by molar-refractivity contribution is -0.121. The van der Waals surface area contributed by atoms with E-state index in [1.807, 2.05) is 0 Å². The molecule has 5 nitrogen and oxygen atoms in total. The molecule has 0 atom stereocenters. The minimum absolute atomic E-state index is 0.0559. The zero-order chi connectivity index (χ0) is 12.1. The van der Waals surface area contributed by atoms with Gasteiger partial charge in [-0.2, -0.15) is 0 Å². The Morgan fingerprint density at radius 3 is 2.88 bits per heavy atom. The minimum Gasteiger partial charge on any atom is -0.344 e. The highest BCUT2D eigenvalue weighted by Crippen LogP contribution is 1.92. The highest BCUT2D eigenvalue weighted by Gasteiger charge is 2.07. The van der Waals surface area contributed by atoms with Gasteiger partial charge < -0.3 is 5.32 Å². The van der Waals surface area contributed by atoms with Crippen LogP contribution >= 0.6 is 0 Å². The number of nitrogens with one attached hydrogen (secondary N) is 1. The average molecular weight is 219 g/mol. The van der Waals surface area contributed by atoms with E-state index >= 15 is 0 Å². The maximum Gasteiger partial charge on any atom is 0.254 e. The molecule has 0 saturated heterocycles. The van der Waals surface area contributed by atoms with E-state index in [2.05, 4.69) is 16.2 Å². The zero-order valence-corrected chi connectivity index (χ0v) is 9.28. The number of terminal acetylenes is 1. The molecule has 0 unspecified atom stereocenters. The maximum absolute atomic E-state index is 11.6. The van der Waals surface area contributed by atoms with Gasteiger partial charge in [-0.15, -0.1) is 6.42 Å². The highest BCUT2D eigenvalue weighted by molar-refractivity contribution is 5.76. The molecule has 0 aliphatic carbocycles. The number of rotatable bonds is 3. The Morgan fingerprint density at radius 2 is 2.31 bits per heavy atom. The molecule has 0 saturated carbocycles. The van der Waals surface area contributed by atoms with Crippen molar-refractivity contribution in [1.82, 2.24) is 14.9 Å². The summed E-state index contributed by atoms with van der Waals surface area (Å²) in [5.41, 5.74) is 0.406. The molecule has 1 rings (SSSR count). The van der Waals surface area contributed by atoms with Crippen LogP contribution in [0, 0.1) is 26.2 Å². The van der Waals surface area contributed by atoms with E-state index in [9.17, 15) is 9.59 Å². The van der Waals surface area contributed by atoms with Crippen molar-refractivity contribution in [2.24, 2.45) is 0 Å². The van der Waals surface area contributed by atoms with Gasteiger partial charge in [-0.1, -0.05) is 5.92 Å². The minimum atomic E-state index is -0.297. The molecule has 0 bridgehead atoms. The van der Waals surface area contributed by atoms with Crippen molar-refractivity contribution < 1.29 is 4.79 Å². The molecule has 1 aromatic heterocycles. The summed E-state index contributed by atoms with van der Waals surface area (Å²) in [5, 5.41) is 2.49. The number of aromatic nitrogens is 2. The van der Waals surface area contributed by atoms with Crippen molar-refractivity contribution in [3.8, 4) is 12.3 Å². The van der Waals surface area contributed by atoms with Gasteiger partial charge >= 0.3 is 0 Å². The predicted molar refractivity (Wildman–Crippen MR) is 59.8 cm³/mol. The molecule has 5 heteroatoms. The molecule has 0 aliphatic heterocycles. The Kier molecular flexibility index (Phi) is 3.84. The third-order valence-corrected chi connectivity index (χ3v) is 2.02. The summed E-state index contributed by atoms with van der Waals surface area (Å²) in [5.74, 6) is 2.51. The van der Waals surface area contributed by atoms with E-state index < -0.39 is 0 Å². The van der Waals surface area contributed by atoms with E-state index in [0.717, 1.165) is 0 Å². The lowest BCUT2D eigenvalue weighted by Crippen LogP contribution is -2.34. The van der Waals surface area contributed by atoms with Crippen LogP contribution in [0.15, 0.2) is 10.9 Å². The van der Waals surface area contributed by atoms with Gasteiger partial charge in [0.2, 0.25) is 5.91 Å². The van der Waals surface area contributed by atoms with E-state index in [1.54, 1.807) is 13.8 Å². The Morgan fingerprint density at radius 1 is 1.62 bits per heavy atom. The molecule has 84 valence electrons. The zero-order valence-electron chi connectivity index (χ0n) is 9.28. The highest BCUT2D eigenvalue weighted by atomic mass is 16.2. The van der Waals surface area contributed by atoms with Gasteiger partial charge in [-0.25, -0.2) is 4.98 Å². The molecule has 0 aromatic carbocycles. The Bertz CT molecular complexity index is 497. The molecule has 1 N–H and O–H groups in total. The molecular weight excluding hydrogens is 206 g/mol. The smallest absolute Gasteiger partial charge is 0.254 e. The van der Waals surface area contributed by atoms with Crippen molar-refractivity contribution in [2.75, 3.05) is 6.54 Å². The van der Waals surface area contributed by atoms with Crippen LogP contribution in [0.1, 0.15) is 11.5 Å². The van der Waals surface area contributed by atoms with E-state index in [0.29, 0.717) is 11.5 Å². The van der Waals surface area contributed by atoms with Crippen LogP contribution in [-0.4, -0.2) is 22.0 Å². The lowest BCUT2D eigenvalue weighted by Gasteiger charge is -2.08. The van der Waals surface area contributed by atoms with Gasteiger partial charge in [0.25, 0.3) is 5.56 Å². The van der Waals surface area contributed by atoms with Crippen LogP contribution in [0.4, 0.5) is 0 Å². The van der Waals surface area contributed by atoms with Crippen molar-refractivity contribution in [3.05, 3.63) is 27.9 Å². The number of carbonyl (C=O) groups is 1. The Balaban J connectivity index is 2.86. The number of aryl methyl sites for hydroxylation is 2. The SMILES string of the molecule is C#CCNC(=O)Cn1c(C)nc(C)cc1=O. The predicted octanol–water partition coefficient (Wildman–Crippen LogP) is -0.390. The van der Waals surface area contributed by atoms with Gasteiger partial charge in [0.15, 0.2) is 0 Å². The first-order chi connectivity index (χ1) is 7.54. The lowest BCUT2D eigenvalue weighted by atomic mass is 10.4. The summed E-state index contributed by atoms with van der Waals surface area (Å²) < 4.78 is 1.30. The van der Waals surface area contributed by atoms with Crippen LogP contribution < -0.4 is 10.9 Å². The standard InChI is InChI=1S/C11H13N3O2/c1-4-5-12-10(15)7-14-9(3)13-8(2)6-11(14)16/h1,6H,5,7H2,2-3H3,(H,12,15). The van der Waals surface area contributed by atoms with Gasteiger partial charge in [0.05, 0.1) is 6.54 Å². The molecule has 1 amide bonds. The third-order valence-electron chi connectivity index (χ3n) is 2.02. The Labute approximate surface area is 93.5 Å². The van der Waals surface area contributed by atoms with Crippen LogP contribution in [-0.2, 0) is 11.3 Å². The summed E-state index contributed by atoms with van der Waals surface area (Å²) in [6.45, 7) is 3.52. The fourth-order valence-electron chi connectivity index (χ4n) is 1.31. The average Bonchev–Trinajstić information content (AvgIpc) is 2.20. The number of nitrogens with zero attached hydrogens (tertiary/aromatic N) is 2. The maximum atomic E-state index is 11.6. The van der Waals surface area contributed by atoms with E-state index in [4.69, 9.17) is 6.42 Å². The van der Waals surface area contributed by atoms with Crippen LogP contribution in [0.3, 0.4) is 0 Å². The fraction of sp³-hybridized carbons (Fsp3) is 0.364. The molecular formula is C11H13N3O2. The molecule has 1 aromatic rings. The molecule has 0 fully saturated rings. The monoisotopic (exact) mass is 219 g/mol. The topological polar surface area (TPSA) is 64.0 Å². The van der Waals surface area contributed by atoms with Gasteiger partial charge in [0.1, 0.15) is 12.4 Å². The molecule has 1 heterocycles. The molecule has 0 radical (unpaired) electrons. The molecule has 16 heavy (non-hydrogen) atoms. The van der Waals surface area contributed by atoms with Crippen molar-refractivity contribution in [1.29, 1.82) is 0 Å². The number of hydrogen-bond donors (Lipinski definition) is 1. The quantitative estimate of drug-likeness (QED) is 0.704. The van der Waals surface area contributed by atoms with Crippen LogP contribution in [0.2, 0.25) is 0 Å². The van der Waals surface area contributed by atoms with E-state index in [-0.39, 0.29) is 24.6 Å². The fourth-order valence-corrected chi connectivity index (χ4v) is 1.31. The molecule has 0 aliphatic rings. The number of amides is 1. The summed E-state index contributed by atoms with van der Waals surface area (Å²) in [6, 6.07) is 1.39. The summed E-state index contributed by atoms with van der Waals surface area (Å²) >= 11 is 0. The first-order valence-corrected chi connectivity index (χ1v) is 4.80. The summed E-state index contributed by atoms with van der Waals surface area (Å²) in [4.78, 5) is 27.0. The third kappa shape index (κ3) is 2.95. The van der Waals surface area contributed by atoms with Crippen molar-refractivity contribution in [3.63, 3.8) is 0 Å². The first-order valence-electron chi connectivity index (χ1n) is 4.80. The Hall–Kier alpha value is -2.09. The van der Waals surface area contributed by atoms with Gasteiger partial charge in [-0.05, 0) is 13.8 Å². The molecule has 0 spiro atoms. The second-order valence-corrected chi connectivity index (χ2v) is 3.35. The second-order valence-electron chi connectivity index (χ2n) is 3.35. The first kappa shape index (κ1) is 12.0. The van der Waals surface area contributed by atoms with Gasteiger partial charge in [-0.3, -0.25) is 14.2 Å². The normalized spacial score (nSPS) is 9.56. The van der Waals surface area contributed by atoms with Crippen molar-refractivity contribution in [2.45, 2.75) is 20.4 Å². The number of hydrogen-bond acceptors (Lipinski definition) is 3. The van der Waals surface area contributed by atoms with Gasteiger partial charge in [0, 0.05) is 11.8 Å². The van der Waals surface area contributed by atoms with Crippen LogP contribution in [0.25, 0.3) is 0 Å². The second kappa shape index (κ2) is 5.12. The summed E-state index contributed by atoms with van der Waals surface area (Å²) in [6.07, 6.45) is 5.00. The van der Waals surface area contributed by atoms with Crippen LogP contribution in [0.5, 0.6) is 0 Å². The van der Waals surface area contributed by atoms with E-state index in [1.165, 1.54) is 10.6 Å². The summed E-state index contributed by atoms with van der Waals surface area (Å²) in [7, 11) is 0. The largest absolute Gasteiger partial charge is 0.344 e. The number of carbonyl (C=O) groups excluding carboxylic acids is 1.